The fraction of sp³-hybridized carbons (Fsp3) is 0.174. The third-order valence-corrected chi connectivity index (χ3v) is 4.83. The third kappa shape index (κ3) is 4.02. The number of alkyl halides is 3. The molecule has 0 atom stereocenters. The van der Waals surface area contributed by atoms with E-state index in [2.05, 4.69) is 4.98 Å². The molecule has 2 N–H and O–H groups in total. The molecule has 0 bridgehead atoms. The molecule has 7 heteroatoms. The van der Waals surface area contributed by atoms with Gasteiger partial charge in [0, 0.05) is 23.7 Å². The first-order chi connectivity index (χ1) is 14.4. The number of benzene rings is 3. The summed E-state index contributed by atoms with van der Waals surface area (Å²) in [5.74, 6) is 0.427. The van der Waals surface area contributed by atoms with Crippen molar-refractivity contribution >= 4 is 11.1 Å². The Kier molecular flexibility index (Phi) is 5.22. The van der Waals surface area contributed by atoms with Gasteiger partial charge in [0.2, 0.25) is 5.89 Å². The number of oxazole rings is 1. The number of nitrogens with zero attached hydrogens (tertiary/aromatic N) is 1. The van der Waals surface area contributed by atoms with E-state index in [4.69, 9.17) is 14.9 Å². The standard InChI is InChI=1S/C23H19F3N2O2/c1-14-17(15-6-3-2-4-7-15)8-5-9-18(14)22-28-19-10-16(12-27)20(11-21(19)30-22)29-13-23(24,25)26/h2-11H,12-13,27H2,1H3. The molecule has 4 rings (SSSR count). The second kappa shape index (κ2) is 7.84. The van der Waals surface area contributed by atoms with Gasteiger partial charge in [-0.05, 0) is 35.7 Å². The summed E-state index contributed by atoms with van der Waals surface area (Å²) in [5.41, 5.74) is 10.9. The summed E-state index contributed by atoms with van der Waals surface area (Å²) >= 11 is 0. The van der Waals surface area contributed by atoms with Gasteiger partial charge in [-0.1, -0.05) is 42.5 Å². The highest BCUT2D eigenvalue weighted by atomic mass is 19.4. The normalized spacial score (nSPS) is 11.8. The van der Waals surface area contributed by atoms with Crippen LogP contribution in [0, 0.1) is 6.92 Å². The van der Waals surface area contributed by atoms with Crippen LogP contribution in [0.15, 0.2) is 65.1 Å². The number of rotatable bonds is 5. The van der Waals surface area contributed by atoms with Crippen molar-refractivity contribution in [1.29, 1.82) is 0 Å². The third-order valence-electron chi connectivity index (χ3n) is 4.83. The van der Waals surface area contributed by atoms with Crippen molar-refractivity contribution in [2.24, 2.45) is 5.73 Å². The number of hydrogen-bond donors (Lipinski definition) is 1. The van der Waals surface area contributed by atoms with Crippen molar-refractivity contribution < 1.29 is 22.3 Å². The lowest BCUT2D eigenvalue weighted by Crippen LogP contribution is -2.20. The number of halogens is 3. The summed E-state index contributed by atoms with van der Waals surface area (Å²) in [5, 5.41) is 0. The van der Waals surface area contributed by atoms with Crippen LogP contribution in [0.2, 0.25) is 0 Å². The van der Waals surface area contributed by atoms with Crippen LogP contribution < -0.4 is 10.5 Å². The zero-order chi connectivity index (χ0) is 21.3. The highest BCUT2D eigenvalue weighted by molar-refractivity contribution is 5.81. The number of hydrogen-bond acceptors (Lipinski definition) is 4. The molecular weight excluding hydrogens is 393 g/mol. The minimum absolute atomic E-state index is 0.0217. The molecule has 30 heavy (non-hydrogen) atoms. The Balaban J connectivity index is 1.76. The van der Waals surface area contributed by atoms with Crippen molar-refractivity contribution in [3.8, 4) is 28.3 Å². The van der Waals surface area contributed by atoms with E-state index in [1.165, 1.54) is 6.07 Å². The van der Waals surface area contributed by atoms with E-state index < -0.39 is 12.8 Å². The van der Waals surface area contributed by atoms with Gasteiger partial charge in [0.1, 0.15) is 11.3 Å². The minimum Gasteiger partial charge on any atom is -0.484 e. The molecule has 0 spiro atoms. The van der Waals surface area contributed by atoms with Crippen molar-refractivity contribution in [2.45, 2.75) is 19.6 Å². The fourth-order valence-electron chi connectivity index (χ4n) is 3.36. The van der Waals surface area contributed by atoms with Crippen molar-refractivity contribution in [3.63, 3.8) is 0 Å². The molecule has 0 aliphatic rings. The molecular formula is C23H19F3N2O2. The molecule has 0 aliphatic carbocycles. The Morgan fingerprint density at radius 1 is 1.00 bits per heavy atom. The maximum atomic E-state index is 12.5. The van der Waals surface area contributed by atoms with Gasteiger partial charge in [-0.25, -0.2) is 4.98 Å². The predicted octanol–water partition coefficient (Wildman–Crippen LogP) is 5.87. The monoisotopic (exact) mass is 412 g/mol. The topological polar surface area (TPSA) is 61.3 Å². The van der Waals surface area contributed by atoms with Gasteiger partial charge in [0.15, 0.2) is 12.2 Å². The van der Waals surface area contributed by atoms with E-state index in [0.717, 1.165) is 22.3 Å². The fourth-order valence-corrected chi connectivity index (χ4v) is 3.36. The first-order valence-corrected chi connectivity index (χ1v) is 9.34. The Morgan fingerprint density at radius 2 is 1.73 bits per heavy atom. The maximum absolute atomic E-state index is 12.5. The Hall–Kier alpha value is -3.32. The van der Waals surface area contributed by atoms with Gasteiger partial charge in [-0.3, -0.25) is 0 Å². The first kappa shape index (κ1) is 20.0. The van der Waals surface area contributed by atoms with Gasteiger partial charge >= 0.3 is 6.18 Å². The zero-order valence-corrected chi connectivity index (χ0v) is 16.2. The van der Waals surface area contributed by atoms with Crippen LogP contribution in [0.1, 0.15) is 11.1 Å². The number of nitrogens with two attached hydrogens (primary N) is 1. The van der Waals surface area contributed by atoms with Crippen LogP contribution in [0.25, 0.3) is 33.7 Å². The largest absolute Gasteiger partial charge is 0.484 e. The summed E-state index contributed by atoms with van der Waals surface area (Å²) < 4.78 is 48.4. The van der Waals surface area contributed by atoms with E-state index in [0.29, 0.717) is 22.6 Å². The first-order valence-electron chi connectivity index (χ1n) is 9.34. The number of fused-ring (bicyclic) bond motifs is 1. The van der Waals surface area contributed by atoms with E-state index in [1.807, 2.05) is 55.5 Å². The van der Waals surface area contributed by atoms with Gasteiger partial charge in [-0.2, -0.15) is 13.2 Å². The van der Waals surface area contributed by atoms with Gasteiger partial charge in [-0.15, -0.1) is 0 Å². The van der Waals surface area contributed by atoms with Gasteiger partial charge < -0.3 is 14.9 Å². The van der Waals surface area contributed by atoms with E-state index in [1.54, 1.807) is 6.07 Å². The Morgan fingerprint density at radius 3 is 2.43 bits per heavy atom. The van der Waals surface area contributed by atoms with Crippen LogP contribution >= 0.6 is 0 Å². The van der Waals surface area contributed by atoms with Crippen molar-refractivity contribution in [2.75, 3.05) is 6.61 Å². The zero-order valence-electron chi connectivity index (χ0n) is 16.2. The second-order valence-corrected chi connectivity index (χ2v) is 6.90. The molecule has 0 radical (unpaired) electrons. The average molecular weight is 412 g/mol. The SMILES string of the molecule is Cc1c(-c2ccccc2)cccc1-c1nc2cc(CN)c(OCC(F)(F)F)cc2o1. The van der Waals surface area contributed by atoms with Crippen LogP contribution in [0.5, 0.6) is 5.75 Å². The molecule has 0 saturated heterocycles. The highest BCUT2D eigenvalue weighted by Crippen LogP contribution is 2.35. The molecule has 3 aromatic carbocycles. The smallest absolute Gasteiger partial charge is 0.422 e. The summed E-state index contributed by atoms with van der Waals surface area (Å²) in [6.45, 7) is 0.605. The quantitative estimate of drug-likeness (QED) is 0.445. The Bertz CT molecular complexity index is 1180. The van der Waals surface area contributed by atoms with Crippen molar-refractivity contribution in [3.05, 3.63) is 71.8 Å². The molecule has 0 amide bonds. The number of aromatic nitrogens is 1. The molecule has 4 aromatic rings. The van der Waals surface area contributed by atoms with Gasteiger partial charge in [0.25, 0.3) is 0 Å². The lowest BCUT2D eigenvalue weighted by Gasteiger charge is -2.11. The summed E-state index contributed by atoms with van der Waals surface area (Å²) in [6.07, 6.45) is -4.44. The molecule has 1 aromatic heterocycles. The maximum Gasteiger partial charge on any atom is 0.422 e. The summed E-state index contributed by atoms with van der Waals surface area (Å²) in [6, 6.07) is 18.8. The lowest BCUT2D eigenvalue weighted by molar-refractivity contribution is -0.153. The highest BCUT2D eigenvalue weighted by Gasteiger charge is 2.29. The van der Waals surface area contributed by atoms with Gasteiger partial charge in [0.05, 0.1) is 0 Å². The molecule has 0 fully saturated rings. The average Bonchev–Trinajstić information content (AvgIpc) is 3.14. The molecule has 1 heterocycles. The molecule has 0 aliphatic heterocycles. The van der Waals surface area contributed by atoms with Crippen LogP contribution in [0.4, 0.5) is 13.2 Å². The molecule has 0 saturated carbocycles. The summed E-state index contributed by atoms with van der Waals surface area (Å²) in [4.78, 5) is 4.54. The summed E-state index contributed by atoms with van der Waals surface area (Å²) in [7, 11) is 0. The van der Waals surface area contributed by atoms with E-state index in [-0.39, 0.29) is 12.3 Å². The minimum atomic E-state index is -4.44. The predicted molar refractivity (Wildman–Crippen MR) is 109 cm³/mol. The molecule has 154 valence electrons. The van der Waals surface area contributed by atoms with Crippen molar-refractivity contribution in [1.82, 2.24) is 4.98 Å². The Labute approximate surface area is 171 Å². The number of ether oxygens (including phenoxy) is 1. The molecule has 4 nitrogen and oxygen atoms in total. The van der Waals surface area contributed by atoms with Crippen LogP contribution in [0.3, 0.4) is 0 Å². The molecule has 0 unspecified atom stereocenters. The van der Waals surface area contributed by atoms with Crippen LogP contribution in [-0.4, -0.2) is 17.8 Å². The van der Waals surface area contributed by atoms with Crippen LogP contribution in [-0.2, 0) is 6.54 Å². The van der Waals surface area contributed by atoms with E-state index in [9.17, 15) is 13.2 Å². The van der Waals surface area contributed by atoms with E-state index >= 15 is 0 Å². The lowest BCUT2D eigenvalue weighted by atomic mass is 9.96. The second-order valence-electron chi connectivity index (χ2n) is 6.90.